The van der Waals surface area contributed by atoms with Gasteiger partial charge in [-0.25, -0.2) is 13.1 Å². The second-order valence-corrected chi connectivity index (χ2v) is 7.90. The van der Waals surface area contributed by atoms with Crippen molar-refractivity contribution in [1.82, 2.24) is 9.62 Å². The second kappa shape index (κ2) is 5.98. The van der Waals surface area contributed by atoms with E-state index < -0.39 is 10.0 Å². The zero-order chi connectivity index (χ0) is 16.6. The number of carbonyl (C=O) groups is 1. The molecule has 1 atom stereocenters. The number of hydrogen-bond acceptors (Lipinski definition) is 4. The quantitative estimate of drug-likeness (QED) is 0.932. The minimum atomic E-state index is -3.52. The summed E-state index contributed by atoms with van der Waals surface area (Å²) in [6.07, 6.45) is 2.13. The first-order valence-corrected chi connectivity index (χ1v) is 9.15. The van der Waals surface area contributed by atoms with Crippen molar-refractivity contribution in [2.45, 2.75) is 24.7 Å². The Kier molecular flexibility index (Phi) is 4.16. The molecule has 1 amide bonds. The normalized spacial score (nSPS) is 19.2. The van der Waals surface area contributed by atoms with Gasteiger partial charge < -0.3 is 9.32 Å². The number of amides is 1. The van der Waals surface area contributed by atoms with Crippen LogP contribution in [0.15, 0.2) is 33.6 Å². The van der Waals surface area contributed by atoms with Gasteiger partial charge in [0.1, 0.15) is 5.58 Å². The van der Waals surface area contributed by atoms with Crippen molar-refractivity contribution in [3.05, 3.63) is 30.0 Å². The summed E-state index contributed by atoms with van der Waals surface area (Å²) in [6.45, 7) is 3.60. The minimum Gasteiger partial charge on any atom is -0.451 e. The van der Waals surface area contributed by atoms with Gasteiger partial charge in [0, 0.05) is 18.5 Å². The molecule has 2 aromatic rings. The van der Waals surface area contributed by atoms with Crippen molar-refractivity contribution in [3.8, 4) is 0 Å². The van der Waals surface area contributed by atoms with Gasteiger partial charge in [0.05, 0.1) is 4.90 Å². The molecule has 3 rings (SSSR count). The van der Waals surface area contributed by atoms with Crippen LogP contribution < -0.4 is 4.72 Å². The lowest BCUT2D eigenvalue weighted by Crippen LogP contribution is -2.38. The van der Waals surface area contributed by atoms with E-state index in [0.717, 1.165) is 25.9 Å². The van der Waals surface area contributed by atoms with Crippen LogP contribution in [0.3, 0.4) is 0 Å². The molecule has 1 saturated heterocycles. The molecular weight excluding hydrogens is 316 g/mol. The Morgan fingerprint density at radius 1 is 1.35 bits per heavy atom. The molecule has 1 fully saturated rings. The van der Waals surface area contributed by atoms with Crippen LogP contribution >= 0.6 is 0 Å². The van der Waals surface area contributed by atoms with E-state index in [4.69, 9.17) is 4.42 Å². The molecule has 124 valence electrons. The average molecular weight is 336 g/mol. The van der Waals surface area contributed by atoms with E-state index in [1.807, 2.05) is 0 Å². The van der Waals surface area contributed by atoms with E-state index in [1.165, 1.54) is 19.2 Å². The summed E-state index contributed by atoms with van der Waals surface area (Å²) in [4.78, 5) is 14.5. The summed E-state index contributed by atoms with van der Waals surface area (Å²) in [6, 6.07) is 6.18. The Labute approximate surface area is 135 Å². The fourth-order valence-corrected chi connectivity index (χ4v) is 3.71. The highest BCUT2D eigenvalue weighted by Crippen LogP contribution is 2.25. The Balaban J connectivity index is 1.92. The van der Waals surface area contributed by atoms with E-state index in [1.54, 1.807) is 17.0 Å². The minimum absolute atomic E-state index is 0.134. The molecule has 1 aliphatic rings. The van der Waals surface area contributed by atoms with E-state index in [-0.39, 0.29) is 16.6 Å². The number of piperidine rings is 1. The van der Waals surface area contributed by atoms with Crippen LogP contribution in [0.2, 0.25) is 0 Å². The summed E-state index contributed by atoms with van der Waals surface area (Å²) in [5.41, 5.74) is 0.508. The van der Waals surface area contributed by atoms with Crippen LogP contribution in [-0.2, 0) is 10.0 Å². The van der Waals surface area contributed by atoms with Gasteiger partial charge in [-0.05, 0) is 50.1 Å². The maximum atomic E-state index is 12.6. The fourth-order valence-electron chi connectivity index (χ4n) is 2.94. The highest BCUT2D eigenvalue weighted by atomic mass is 32.2. The zero-order valence-corrected chi connectivity index (χ0v) is 14.0. The van der Waals surface area contributed by atoms with Crippen LogP contribution in [-0.4, -0.2) is 39.4 Å². The fraction of sp³-hybridized carbons (Fsp3) is 0.438. The third kappa shape index (κ3) is 3.11. The van der Waals surface area contributed by atoms with Crippen molar-refractivity contribution in [3.63, 3.8) is 0 Å². The molecule has 0 spiro atoms. The van der Waals surface area contributed by atoms with Crippen molar-refractivity contribution >= 4 is 26.9 Å². The summed E-state index contributed by atoms with van der Waals surface area (Å²) in [5, 5.41) is 0.606. The predicted molar refractivity (Wildman–Crippen MR) is 86.8 cm³/mol. The van der Waals surface area contributed by atoms with E-state index >= 15 is 0 Å². The molecule has 0 bridgehead atoms. The molecule has 23 heavy (non-hydrogen) atoms. The third-order valence-corrected chi connectivity index (χ3v) is 5.63. The summed E-state index contributed by atoms with van der Waals surface area (Å²) < 4.78 is 31.6. The van der Waals surface area contributed by atoms with Gasteiger partial charge in [-0.3, -0.25) is 4.79 Å². The molecule has 1 aliphatic heterocycles. The van der Waals surface area contributed by atoms with Crippen molar-refractivity contribution in [2.75, 3.05) is 20.1 Å². The van der Waals surface area contributed by atoms with E-state index in [9.17, 15) is 13.2 Å². The maximum Gasteiger partial charge on any atom is 0.289 e. The molecule has 2 heterocycles. The highest BCUT2D eigenvalue weighted by Gasteiger charge is 2.25. The van der Waals surface area contributed by atoms with Gasteiger partial charge in [0.25, 0.3) is 5.91 Å². The first kappa shape index (κ1) is 16.0. The number of furan rings is 1. The van der Waals surface area contributed by atoms with Gasteiger partial charge in [0.2, 0.25) is 10.0 Å². The Bertz CT molecular complexity index is 841. The van der Waals surface area contributed by atoms with Gasteiger partial charge in [-0.1, -0.05) is 6.92 Å². The molecule has 1 aromatic heterocycles. The molecule has 0 radical (unpaired) electrons. The number of nitrogens with zero attached hydrogens (tertiary/aromatic N) is 1. The summed E-state index contributed by atoms with van der Waals surface area (Å²) in [5.74, 6) is 0.614. The van der Waals surface area contributed by atoms with Crippen LogP contribution in [0.5, 0.6) is 0 Å². The van der Waals surface area contributed by atoms with Gasteiger partial charge in [0.15, 0.2) is 5.76 Å². The van der Waals surface area contributed by atoms with Crippen molar-refractivity contribution in [2.24, 2.45) is 5.92 Å². The van der Waals surface area contributed by atoms with Crippen LogP contribution in [0.25, 0.3) is 11.0 Å². The Morgan fingerprint density at radius 2 is 2.13 bits per heavy atom. The van der Waals surface area contributed by atoms with Crippen LogP contribution in [0, 0.1) is 5.92 Å². The number of hydrogen-bond donors (Lipinski definition) is 1. The first-order valence-electron chi connectivity index (χ1n) is 7.67. The van der Waals surface area contributed by atoms with Gasteiger partial charge >= 0.3 is 0 Å². The zero-order valence-electron chi connectivity index (χ0n) is 13.2. The number of carbonyl (C=O) groups excluding carboxylic acids is 1. The monoisotopic (exact) mass is 336 g/mol. The smallest absolute Gasteiger partial charge is 0.289 e. The molecular formula is C16H20N2O4S. The largest absolute Gasteiger partial charge is 0.451 e. The number of benzene rings is 1. The summed E-state index contributed by atoms with van der Waals surface area (Å²) in [7, 11) is -2.15. The molecule has 0 aliphatic carbocycles. The lowest BCUT2D eigenvalue weighted by atomic mass is 10.0. The number of likely N-dealkylation sites (tertiary alicyclic amines) is 1. The topological polar surface area (TPSA) is 79.6 Å². The lowest BCUT2D eigenvalue weighted by Gasteiger charge is -2.30. The summed E-state index contributed by atoms with van der Waals surface area (Å²) >= 11 is 0. The lowest BCUT2D eigenvalue weighted by molar-refractivity contribution is 0.0653. The molecule has 6 nitrogen and oxygen atoms in total. The maximum absolute atomic E-state index is 12.6. The average Bonchev–Trinajstić information content (AvgIpc) is 2.97. The van der Waals surface area contributed by atoms with E-state index in [0.29, 0.717) is 16.9 Å². The third-order valence-electron chi connectivity index (χ3n) is 4.22. The Morgan fingerprint density at radius 3 is 2.83 bits per heavy atom. The van der Waals surface area contributed by atoms with Crippen molar-refractivity contribution in [1.29, 1.82) is 0 Å². The number of nitrogens with one attached hydrogen (secondary N) is 1. The molecule has 1 unspecified atom stereocenters. The predicted octanol–water partition coefficient (Wildman–Crippen LogP) is 2.21. The SMILES string of the molecule is CNS(=O)(=O)c1ccc2oc(C(=O)N3CCCC(C)C3)cc2c1. The van der Waals surface area contributed by atoms with Gasteiger partial charge in [-0.2, -0.15) is 0 Å². The first-order chi connectivity index (χ1) is 10.9. The Hall–Kier alpha value is -1.86. The van der Waals surface area contributed by atoms with Crippen LogP contribution in [0.1, 0.15) is 30.3 Å². The molecule has 1 aromatic carbocycles. The molecule has 7 heteroatoms. The number of fused-ring (bicyclic) bond motifs is 1. The van der Waals surface area contributed by atoms with Gasteiger partial charge in [-0.15, -0.1) is 0 Å². The van der Waals surface area contributed by atoms with E-state index in [2.05, 4.69) is 11.6 Å². The standard InChI is InChI=1S/C16H20N2O4S/c1-11-4-3-7-18(10-11)16(19)15-9-12-8-13(23(20,21)17-2)5-6-14(12)22-15/h5-6,8-9,11,17H,3-4,7,10H2,1-2H3. The molecule has 1 N–H and O–H groups in total. The van der Waals surface area contributed by atoms with Crippen molar-refractivity contribution < 1.29 is 17.6 Å². The molecule has 0 saturated carbocycles. The van der Waals surface area contributed by atoms with Crippen LogP contribution in [0.4, 0.5) is 0 Å². The second-order valence-electron chi connectivity index (χ2n) is 6.02. The number of sulfonamides is 1. The number of rotatable bonds is 3. The highest BCUT2D eigenvalue weighted by molar-refractivity contribution is 7.89.